The van der Waals surface area contributed by atoms with Gasteiger partial charge in [0.1, 0.15) is 23.0 Å². The highest BCUT2D eigenvalue weighted by atomic mass is 16.5. The third-order valence-electron chi connectivity index (χ3n) is 6.03. The highest BCUT2D eigenvalue weighted by Gasteiger charge is 2.47. The summed E-state index contributed by atoms with van der Waals surface area (Å²) in [5, 5.41) is 11.5. The van der Waals surface area contributed by atoms with E-state index >= 15 is 0 Å². The second kappa shape index (κ2) is 10.2. The van der Waals surface area contributed by atoms with Gasteiger partial charge in [0, 0.05) is 18.7 Å². The number of hydrogen-bond acceptors (Lipinski definition) is 7. The zero-order chi connectivity index (χ0) is 26.9. The number of ether oxygens (including phenoxy) is 3. The summed E-state index contributed by atoms with van der Waals surface area (Å²) in [4.78, 5) is 39.9. The topological polar surface area (TPSA) is 102 Å². The molecule has 0 aromatic heterocycles. The molecule has 0 spiro atoms. The van der Waals surface area contributed by atoms with E-state index in [2.05, 4.69) is 0 Å². The van der Waals surface area contributed by atoms with Crippen molar-refractivity contribution >= 4 is 29.1 Å². The average Bonchev–Trinajstić information content (AvgIpc) is 3.12. The lowest BCUT2D eigenvalue weighted by Gasteiger charge is -2.26. The normalized spacial score (nSPS) is 16.6. The first-order valence-corrected chi connectivity index (χ1v) is 11.5. The van der Waals surface area contributed by atoms with Crippen LogP contribution in [0.25, 0.3) is 5.76 Å². The number of aliphatic hydroxyl groups excluding tert-OH is 1. The third kappa shape index (κ3) is 4.91. The zero-order valence-corrected chi connectivity index (χ0v) is 21.2. The molecule has 37 heavy (non-hydrogen) atoms. The summed E-state index contributed by atoms with van der Waals surface area (Å²) in [5.74, 6) is -1.54. The van der Waals surface area contributed by atoms with Gasteiger partial charge in [-0.1, -0.05) is 18.2 Å². The highest BCUT2D eigenvalue weighted by Crippen LogP contribution is 2.44. The third-order valence-corrected chi connectivity index (χ3v) is 6.03. The van der Waals surface area contributed by atoms with E-state index in [1.165, 1.54) is 26.0 Å². The Hall–Kier alpha value is -4.59. The molecule has 0 aliphatic carbocycles. The Morgan fingerprint density at radius 3 is 2.22 bits per heavy atom. The molecule has 0 bridgehead atoms. The number of aryl methyl sites for hydroxylation is 2. The molecule has 190 valence electrons. The average molecular weight is 502 g/mol. The van der Waals surface area contributed by atoms with Crippen molar-refractivity contribution in [2.45, 2.75) is 26.8 Å². The number of aliphatic hydroxyl groups is 1. The molecule has 1 unspecified atom stereocenters. The fraction of sp³-hybridized carbons (Fsp3) is 0.207. The number of methoxy groups -OCH3 is 2. The Balaban J connectivity index is 1.99. The molecule has 1 fully saturated rings. The van der Waals surface area contributed by atoms with Gasteiger partial charge in [-0.05, 0) is 66.9 Å². The molecular weight excluding hydrogens is 474 g/mol. The number of anilines is 1. The van der Waals surface area contributed by atoms with E-state index < -0.39 is 29.5 Å². The molecule has 1 aliphatic rings. The number of benzene rings is 3. The number of carbonyl (C=O) groups excluding carboxylic acids is 3. The van der Waals surface area contributed by atoms with Crippen molar-refractivity contribution in [3.05, 3.63) is 88.5 Å². The number of carbonyl (C=O) groups is 3. The molecule has 0 saturated carbocycles. The summed E-state index contributed by atoms with van der Waals surface area (Å²) in [7, 11) is 2.93. The summed E-state index contributed by atoms with van der Waals surface area (Å²) in [6.45, 7) is 5.07. The maximum atomic E-state index is 13.5. The van der Waals surface area contributed by atoms with Gasteiger partial charge in [0.25, 0.3) is 11.7 Å². The van der Waals surface area contributed by atoms with Gasteiger partial charge in [0.2, 0.25) is 0 Å². The van der Waals surface area contributed by atoms with Gasteiger partial charge in [-0.3, -0.25) is 19.3 Å². The van der Waals surface area contributed by atoms with Gasteiger partial charge in [-0.15, -0.1) is 0 Å². The maximum Gasteiger partial charge on any atom is 0.308 e. The van der Waals surface area contributed by atoms with Crippen LogP contribution in [-0.2, 0) is 14.4 Å². The molecule has 8 heteroatoms. The van der Waals surface area contributed by atoms with E-state index in [4.69, 9.17) is 14.2 Å². The van der Waals surface area contributed by atoms with Crippen LogP contribution in [0.3, 0.4) is 0 Å². The van der Waals surface area contributed by atoms with Crippen LogP contribution in [0.1, 0.15) is 35.2 Å². The fourth-order valence-corrected chi connectivity index (χ4v) is 4.56. The number of hydrogen-bond donors (Lipinski definition) is 1. The number of amides is 1. The molecule has 1 aliphatic heterocycles. The van der Waals surface area contributed by atoms with Crippen LogP contribution in [0.2, 0.25) is 0 Å². The van der Waals surface area contributed by atoms with Crippen LogP contribution < -0.4 is 19.1 Å². The first kappa shape index (κ1) is 25.5. The minimum atomic E-state index is -0.997. The standard InChI is InChI=1S/C29H27NO7/c1-16-11-17(2)13-20(12-16)30-26(19-7-6-8-22(14-19)37-18(3)31)25(28(33)29(30)34)27(32)23-10-9-21(35-4)15-24(23)36-5/h6-15,26,32H,1-5H3/b27-25+. The quantitative estimate of drug-likeness (QED) is 0.169. The molecule has 3 aromatic carbocycles. The van der Waals surface area contributed by atoms with Gasteiger partial charge >= 0.3 is 5.97 Å². The van der Waals surface area contributed by atoms with E-state index in [0.29, 0.717) is 17.0 Å². The van der Waals surface area contributed by atoms with Crippen molar-refractivity contribution in [1.82, 2.24) is 0 Å². The van der Waals surface area contributed by atoms with Crippen molar-refractivity contribution in [2.75, 3.05) is 19.1 Å². The van der Waals surface area contributed by atoms with Gasteiger partial charge < -0.3 is 19.3 Å². The van der Waals surface area contributed by atoms with Crippen LogP contribution in [0.15, 0.2) is 66.2 Å². The van der Waals surface area contributed by atoms with Gasteiger partial charge in [-0.2, -0.15) is 0 Å². The smallest absolute Gasteiger partial charge is 0.308 e. The molecule has 0 radical (unpaired) electrons. The Morgan fingerprint density at radius 1 is 0.892 bits per heavy atom. The molecule has 3 aromatic rings. The molecule has 1 N–H and O–H groups in total. The van der Waals surface area contributed by atoms with Crippen LogP contribution >= 0.6 is 0 Å². The maximum absolute atomic E-state index is 13.5. The number of esters is 1. The largest absolute Gasteiger partial charge is 0.507 e. The van der Waals surface area contributed by atoms with Crippen LogP contribution in [0, 0.1) is 13.8 Å². The Morgan fingerprint density at radius 2 is 1.59 bits per heavy atom. The van der Waals surface area contributed by atoms with Gasteiger partial charge in [-0.25, -0.2) is 0 Å². The summed E-state index contributed by atoms with van der Waals surface area (Å²) in [5.41, 5.74) is 2.90. The molecule has 1 saturated heterocycles. The first-order valence-electron chi connectivity index (χ1n) is 11.5. The minimum Gasteiger partial charge on any atom is -0.507 e. The second-order valence-corrected chi connectivity index (χ2v) is 8.75. The van der Waals surface area contributed by atoms with Crippen LogP contribution in [-0.4, -0.2) is 37.0 Å². The number of rotatable bonds is 6. The zero-order valence-electron chi connectivity index (χ0n) is 21.2. The Kier molecular flexibility index (Phi) is 7.02. The van der Waals surface area contributed by atoms with Crippen molar-refractivity contribution in [3.63, 3.8) is 0 Å². The van der Waals surface area contributed by atoms with E-state index in [9.17, 15) is 19.5 Å². The van der Waals surface area contributed by atoms with Crippen LogP contribution in [0.5, 0.6) is 17.2 Å². The van der Waals surface area contributed by atoms with Gasteiger partial charge in [0.05, 0.1) is 31.4 Å². The molecule has 1 heterocycles. The number of nitrogens with zero attached hydrogens (tertiary/aromatic N) is 1. The van der Waals surface area contributed by atoms with E-state index in [-0.39, 0.29) is 22.6 Å². The van der Waals surface area contributed by atoms with Crippen molar-refractivity contribution in [1.29, 1.82) is 0 Å². The van der Waals surface area contributed by atoms with E-state index in [1.807, 2.05) is 19.9 Å². The molecule has 4 rings (SSSR count). The minimum absolute atomic E-state index is 0.118. The van der Waals surface area contributed by atoms with E-state index in [0.717, 1.165) is 11.1 Å². The monoisotopic (exact) mass is 501 g/mol. The summed E-state index contributed by atoms with van der Waals surface area (Å²) in [6.07, 6.45) is 0. The second-order valence-electron chi connectivity index (χ2n) is 8.75. The lowest BCUT2D eigenvalue weighted by molar-refractivity contribution is -0.132. The highest BCUT2D eigenvalue weighted by molar-refractivity contribution is 6.51. The summed E-state index contributed by atoms with van der Waals surface area (Å²) in [6, 6.07) is 15.8. The van der Waals surface area contributed by atoms with Crippen molar-refractivity contribution < 1.29 is 33.7 Å². The molecule has 1 amide bonds. The summed E-state index contributed by atoms with van der Waals surface area (Å²) >= 11 is 0. The molecule has 1 atom stereocenters. The molecular formula is C29H27NO7. The lowest BCUT2D eigenvalue weighted by atomic mass is 9.94. The van der Waals surface area contributed by atoms with Crippen molar-refractivity contribution in [2.24, 2.45) is 0 Å². The number of Topliss-reactive ketones (excluding diaryl/α,β-unsaturated/α-hetero) is 1. The predicted molar refractivity (Wildman–Crippen MR) is 138 cm³/mol. The first-order chi connectivity index (χ1) is 17.6. The predicted octanol–water partition coefficient (Wildman–Crippen LogP) is 4.87. The Bertz CT molecular complexity index is 1420. The fourth-order valence-electron chi connectivity index (χ4n) is 4.56. The van der Waals surface area contributed by atoms with E-state index in [1.54, 1.807) is 54.6 Å². The van der Waals surface area contributed by atoms with Crippen LogP contribution in [0.4, 0.5) is 5.69 Å². The molecule has 8 nitrogen and oxygen atoms in total. The Labute approximate surface area is 214 Å². The lowest BCUT2D eigenvalue weighted by Crippen LogP contribution is -2.29. The summed E-state index contributed by atoms with van der Waals surface area (Å²) < 4.78 is 15.9. The number of ketones is 1. The van der Waals surface area contributed by atoms with Gasteiger partial charge in [0.15, 0.2) is 0 Å². The van der Waals surface area contributed by atoms with Crippen molar-refractivity contribution in [3.8, 4) is 17.2 Å². The SMILES string of the molecule is COc1ccc(/C(O)=C2\C(=O)C(=O)N(c3cc(C)cc(C)c3)C2c2cccc(OC(C)=O)c2)c(OC)c1.